The molecule has 35 heavy (non-hydrogen) atoms. The van der Waals surface area contributed by atoms with Crippen LogP contribution in [0.3, 0.4) is 0 Å². The summed E-state index contributed by atoms with van der Waals surface area (Å²) in [4.78, 5) is 21.5. The van der Waals surface area contributed by atoms with E-state index in [0.29, 0.717) is 23.9 Å². The molecule has 2 aliphatic carbocycles. The lowest BCUT2D eigenvalue weighted by Gasteiger charge is -2.21. The number of hydrogen-bond donors (Lipinski definition) is 2. The second kappa shape index (κ2) is 11.3. The van der Waals surface area contributed by atoms with Gasteiger partial charge in [-0.05, 0) is 79.1 Å². The Kier molecular flexibility index (Phi) is 7.56. The quantitative estimate of drug-likeness (QED) is 0.360. The van der Waals surface area contributed by atoms with Gasteiger partial charge in [0.2, 0.25) is 0 Å². The summed E-state index contributed by atoms with van der Waals surface area (Å²) in [5, 5.41) is 6.53. The molecule has 1 aromatic carbocycles. The third-order valence-corrected chi connectivity index (χ3v) is 7.00. The van der Waals surface area contributed by atoms with E-state index in [0.717, 1.165) is 36.0 Å². The second-order valence-corrected chi connectivity index (χ2v) is 9.74. The number of nitrogens with zero attached hydrogens (tertiary/aromatic N) is 2. The number of amides is 1. The minimum absolute atomic E-state index is 0.0352. The van der Waals surface area contributed by atoms with Gasteiger partial charge in [-0.3, -0.25) is 9.78 Å². The molecule has 2 heterocycles. The fourth-order valence-corrected chi connectivity index (χ4v) is 4.86. The minimum atomic E-state index is -0.0352. The average molecular weight is 471 g/mol. The molecule has 0 aliphatic heterocycles. The summed E-state index contributed by atoms with van der Waals surface area (Å²) >= 11 is 0. The van der Waals surface area contributed by atoms with Crippen LogP contribution in [0.4, 0.5) is 11.5 Å². The standard InChI is InChI=1S/C29H34N4O2/c34-29(32-16-13-21-6-2-1-3-7-21)23-14-17-31-28(18-23)33-27-12-11-25(19-26(27)22-9-10-22)35-20-24-8-4-5-15-30-24/h4-5,8,11-12,14-15,17-19,21-22H,1-3,6-7,9-10,13,16,20H2,(H,31,33)(H,32,34). The monoisotopic (exact) mass is 470 g/mol. The van der Waals surface area contributed by atoms with E-state index in [2.05, 4.69) is 26.7 Å². The van der Waals surface area contributed by atoms with Crippen LogP contribution in [0.5, 0.6) is 5.75 Å². The number of nitrogens with one attached hydrogen (secondary N) is 2. The Balaban J connectivity index is 1.20. The summed E-state index contributed by atoms with van der Waals surface area (Å²) in [7, 11) is 0. The predicted octanol–water partition coefficient (Wildman–Crippen LogP) is 6.38. The van der Waals surface area contributed by atoms with E-state index in [1.807, 2.05) is 36.4 Å². The van der Waals surface area contributed by atoms with E-state index >= 15 is 0 Å². The molecule has 0 atom stereocenters. The van der Waals surface area contributed by atoms with Gasteiger partial charge in [0.25, 0.3) is 5.91 Å². The first-order valence-electron chi connectivity index (χ1n) is 12.9. The molecule has 0 spiro atoms. The van der Waals surface area contributed by atoms with Crippen molar-refractivity contribution in [3.63, 3.8) is 0 Å². The average Bonchev–Trinajstić information content (AvgIpc) is 3.75. The van der Waals surface area contributed by atoms with Crippen LogP contribution in [0.2, 0.25) is 0 Å². The molecule has 5 rings (SSSR count). The summed E-state index contributed by atoms with van der Waals surface area (Å²) in [6, 6.07) is 15.6. The number of ether oxygens (including phenoxy) is 1. The maximum absolute atomic E-state index is 12.7. The van der Waals surface area contributed by atoms with Gasteiger partial charge in [-0.2, -0.15) is 0 Å². The molecule has 2 saturated carbocycles. The van der Waals surface area contributed by atoms with Gasteiger partial charge in [0.15, 0.2) is 0 Å². The Morgan fingerprint density at radius 2 is 1.83 bits per heavy atom. The minimum Gasteiger partial charge on any atom is -0.487 e. The van der Waals surface area contributed by atoms with Crippen molar-refractivity contribution < 1.29 is 9.53 Å². The Labute approximate surface area is 207 Å². The maximum Gasteiger partial charge on any atom is 0.251 e. The number of anilines is 2. The van der Waals surface area contributed by atoms with Gasteiger partial charge in [-0.15, -0.1) is 0 Å². The highest BCUT2D eigenvalue weighted by atomic mass is 16.5. The van der Waals surface area contributed by atoms with Crippen molar-refractivity contribution in [3.05, 3.63) is 77.7 Å². The molecule has 6 heteroatoms. The highest BCUT2D eigenvalue weighted by molar-refractivity contribution is 5.94. The number of carbonyl (C=O) groups excluding carboxylic acids is 1. The van der Waals surface area contributed by atoms with Crippen LogP contribution in [0.25, 0.3) is 0 Å². The zero-order chi connectivity index (χ0) is 23.9. The fourth-order valence-electron chi connectivity index (χ4n) is 4.86. The largest absolute Gasteiger partial charge is 0.487 e. The molecule has 6 nitrogen and oxygen atoms in total. The van der Waals surface area contributed by atoms with Gasteiger partial charge >= 0.3 is 0 Å². The van der Waals surface area contributed by atoms with Crippen LogP contribution in [0.1, 0.15) is 78.9 Å². The van der Waals surface area contributed by atoms with Crippen LogP contribution >= 0.6 is 0 Å². The molecular weight excluding hydrogens is 436 g/mol. The molecule has 0 saturated heterocycles. The van der Waals surface area contributed by atoms with E-state index in [4.69, 9.17) is 4.74 Å². The Hall–Kier alpha value is -3.41. The van der Waals surface area contributed by atoms with Gasteiger partial charge in [-0.1, -0.05) is 38.2 Å². The molecule has 2 fully saturated rings. The number of pyridine rings is 2. The maximum atomic E-state index is 12.7. The van der Waals surface area contributed by atoms with Crippen molar-refractivity contribution in [2.45, 2.75) is 63.9 Å². The lowest BCUT2D eigenvalue weighted by molar-refractivity contribution is 0.0950. The van der Waals surface area contributed by atoms with Crippen molar-refractivity contribution in [1.29, 1.82) is 0 Å². The van der Waals surface area contributed by atoms with E-state index in [1.54, 1.807) is 18.5 Å². The molecule has 3 aromatic rings. The highest BCUT2D eigenvalue weighted by Crippen LogP contribution is 2.45. The topological polar surface area (TPSA) is 76.1 Å². The number of rotatable bonds is 10. The Bertz CT molecular complexity index is 1120. The first kappa shape index (κ1) is 23.3. The second-order valence-electron chi connectivity index (χ2n) is 9.74. The third kappa shape index (κ3) is 6.59. The van der Waals surface area contributed by atoms with Gasteiger partial charge in [0, 0.05) is 30.2 Å². The first-order chi connectivity index (χ1) is 17.2. The molecule has 2 N–H and O–H groups in total. The molecule has 1 amide bonds. The molecule has 0 bridgehead atoms. The number of aromatic nitrogens is 2. The zero-order valence-electron chi connectivity index (χ0n) is 20.2. The van der Waals surface area contributed by atoms with Crippen LogP contribution < -0.4 is 15.4 Å². The van der Waals surface area contributed by atoms with E-state index in [1.165, 1.54) is 50.5 Å². The van der Waals surface area contributed by atoms with Crippen molar-refractivity contribution in [3.8, 4) is 5.75 Å². The lowest BCUT2D eigenvalue weighted by Crippen LogP contribution is -2.26. The molecule has 2 aliphatic rings. The summed E-state index contributed by atoms with van der Waals surface area (Å²) < 4.78 is 5.99. The van der Waals surface area contributed by atoms with Gasteiger partial charge in [0.1, 0.15) is 18.2 Å². The Morgan fingerprint density at radius 3 is 2.63 bits per heavy atom. The smallest absolute Gasteiger partial charge is 0.251 e. The van der Waals surface area contributed by atoms with Crippen molar-refractivity contribution in [2.75, 3.05) is 11.9 Å². The summed E-state index contributed by atoms with van der Waals surface area (Å²) in [6.45, 7) is 1.18. The zero-order valence-corrected chi connectivity index (χ0v) is 20.2. The van der Waals surface area contributed by atoms with Gasteiger partial charge in [0.05, 0.1) is 5.69 Å². The molecular formula is C29H34N4O2. The predicted molar refractivity (Wildman–Crippen MR) is 138 cm³/mol. The summed E-state index contributed by atoms with van der Waals surface area (Å²) in [5.41, 5.74) is 3.78. The van der Waals surface area contributed by atoms with Crippen molar-refractivity contribution in [1.82, 2.24) is 15.3 Å². The van der Waals surface area contributed by atoms with Gasteiger partial charge in [-0.25, -0.2) is 4.98 Å². The molecule has 182 valence electrons. The SMILES string of the molecule is O=C(NCCC1CCCCC1)c1ccnc(Nc2ccc(OCc3ccccn3)cc2C2CC2)c1. The Morgan fingerprint density at radius 1 is 0.943 bits per heavy atom. The van der Waals surface area contributed by atoms with Crippen LogP contribution in [0, 0.1) is 5.92 Å². The van der Waals surface area contributed by atoms with E-state index in [-0.39, 0.29) is 5.91 Å². The molecule has 0 unspecified atom stereocenters. The highest BCUT2D eigenvalue weighted by Gasteiger charge is 2.27. The summed E-state index contributed by atoms with van der Waals surface area (Å²) in [5.74, 6) is 2.76. The van der Waals surface area contributed by atoms with E-state index in [9.17, 15) is 4.79 Å². The first-order valence-corrected chi connectivity index (χ1v) is 12.9. The normalized spacial score (nSPS) is 16.0. The summed E-state index contributed by atoms with van der Waals surface area (Å²) in [6.07, 6.45) is 13.5. The third-order valence-electron chi connectivity index (χ3n) is 7.00. The fraction of sp³-hybridized carbons (Fsp3) is 0.414. The lowest BCUT2D eigenvalue weighted by atomic mass is 9.87. The molecule has 0 radical (unpaired) electrons. The number of carbonyl (C=O) groups is 1. The van der Waals surface area contributed by atoms with Crippen molar-refractivity contribution in [2.24, 2.45) is 5.92 Å². The van der Waals surface area contributed by atoms with E-state index < -0.39 is 0 Å². The van der Waals surface area contributed by atoms with Crippen LogP contribution in [0.15, 0.2) is 60.9 Å². The van der Waals surface area contributed by atoms with Gasteiger partial charge < -0.3 is 15.4 Å². The number of hydrogen-bond acceptors (Lipinski definition) is 5. The van der Waals surface area contributed by atoms with Crippen LogP contribution in [-0.4, -0.2) is 22.4 Å². The number of benzene rings is 1. The van der Waals surface area contributed by atoms with Crippen molar-refractivity contribution >= 4 is 17.4 Å². The van der Waals surface area contributed by atoms with Crippen LogP contribution in [-0.2, 0) is 6.61 Å². The molecule has 2 aromatic heterocycles.